The first kappa shape index (κ1) is 32.6. The zero-order valence-corrected chi connectivity index (χ0v) is 27.6. The van der Waals surface area contributed by atoms with E-state index in [2.05, 4.69) is 157 Å². The van der Waals surface area contributed by atoms with Crippen LogP contribution in [0.4, 0.5) is 0 Å². The van der Waals surface area contributed by atoms with Crippen molar-refractivity contribution in [1.29, 1.82) is 0 Å². The molecule has 236 valence electrons. The maximum Gasteiger partial charge on any atom is 0.100 e. The summed E-state index contributed by atoms with van der Waals surface area (Å²) in [5.41, 5.74) is 9.26. The Kier molecular flexibility index (Phi) is 11.7. The highest BCUT2D eigenvalue weighted by Crippen LogP contribution is 2.32. The molecule has 46 heavy (non-hydrogen) atoms. The maximum atomic E-state index is 4.85. The van der Waals surface area contributed by atoms with Gasteiger partial charge in [0, 0.05) is 47.7 Å². The SMILES string of the molecule is CN(C)CCCn1cc(-c2ccccc2)c(-c2ccccc2)n1.CN(C)CCCn1cc(-c2ccccc2)c(-c2ccccc2)n1. The zero-order valence-electron chi connectivity index (χ0n) is 27.6. The zero-order chi connectivity index (χ0) is 32.1. The van der Waals surface area contributed by atoms with Crippen molar-refractivity contribution in [2.45, 2.75) is 25.9 Å². The van der Waals surface area contributed by atoms with E-state index in [-0.39, 0.29) is 0 Å². The second-order valence-electron chi connectivity index (χ2n) is 12.1. The quantitative estimate of drug-likeness (QED) is 0.140. The molecule has 0 aliphatic rings. The lowest BCUT2D eigenvalue weighted by molar-refractivity contribution is 0.381. The maximum absolute atomic E-state index is 4.85. The molecular formula is C40H46N6. The fourth-order valence-corrected chi connectivity index (χ4v) is 5.45. The van der Waals surface area contributed by atoms with Crippen molar-refractivity contribution < 1.29 is 0 Å². The van der Waals surface area contributed by atoms with Crippen LogP contribution >= 0.6 is 0 Å². The second kappa shape index (κ2) is 16.5. The van der Waals surface area contributed by atoms with Crippen molar-refractivity contribution in [3.8, 4) is 44.8 Å². The van der Waals surface area contributed by atoms with E-state index in [9.17, 15) is 0 Å². The van der Waals surface area contributed by atoms with Crippen LogP contribution in [0.25, 0.3) is 44.8 Å². The van der Waals surface area contributed by atoms with Gasteiger partial charge in [-0.1, -0.05) is 121 Å². The Balaban J connectivity index is 0.000000181. The molecule has 0 aliphatic carbocycles. The molecule has 0 aliphatic heterocycles. The van der Waals surface area contributed by atoms with Crippen molar-refractivity contribution in [3.63, 3.8) is 0 Å². The lowest BCUT2D eigenvalue weighted by Crippen LogP contribution is -2.15. The van der Waals surface area contributed by atoms with Crippen LogP contribution in [0, 0.1) is 0 Å². The van der Waals surface area contributed by atoms with E-state index < -0.39 is 0 Å². The normalized spacial score (nSPS) is 11.1. The van der Waals surface area contributed by atoms with Crippen LogP contribution in [0.3, 0.4) is 0 Å². The summed E-state index contributed by atoms with van der Waals surface area (Å²) >= 11 is 0. The van der Waals surface area contributed by atoms with Gasteiger partial charge in [0.1, 0.15) is 11.4 Å². The van der Waals surface area contributed by atoms with Gasteiger partial charge in [-0.2, -0.15) is 10.2 Å². The molecule has 0 radical (unpaired) electrons. The highest BCUT2D eigenvalue weighted by molar-refractivity contribution is 5.81. The lowest BCUT2D eigenvalue weighted by atomic mass is 10.0. The van der Waals surface area contributed by atoms with Crippen molar-refractivity contribution in [1.82, 2.24) is 29.4 Å². The summed E-state index contributed by atoms with van der Waals surface area (Å²) in [6.07, 6.45) is 6.54. The molecule has 0 unspecified atom stereocenters. The first-order valence-corrected chi connectivity index (χ1v) is 16.1. The molecule has 2 aromatic heterocycles. The molecule has 0 bridgehead atoms. The summed E-state index contributed by atoms with van der Waals surface area (Å²) < 4.78 is 4.16. The van der Waals surface area contributed by atoms with Gasteiger partial charge in [-0.15, -0.1) is 0 Å². The molecule has 6 aromatic rings. The Hall–Kier alpha value is -4.78. The Bertz CT molecular complexity index is 1480. The smallest absolute Gasteiger partial charge is 0.100 e. The number of aromatic nitrogens is 4. The molecular weight excluding hydrogens is 564 g/mol. The molecule has 6 nitrogen and oxygen atoms in total. The molecule has 0 spiro atoms. The fourth-order valence-electron chi connectivity index (χ4n) is 5.45. The molecule has 6 heteroatoms. The van der Waals surface area contributed by atoms with Crippen LogP contribution in [0.2, 0.25) is 0 Å². The predicted octanol–water partition coefficient (Wildman–Crippen LogP) is 8.34. The van der Waals surface area contributed by atoms with E-state index in [0.717, 1.165) is 61.5 Å². The van der Waals surface area contributed by atoms with E-state index in [4.69, 9.17) is 10.2 Å². The van der Waals surface area contributed by atoms with Gasteiger partial charge in [-0.05, 0) is 65.2 Å². The number of hydrogen-bond donors (Lipinski definition) is 0. The monoisotopic (exact) mass is 610 g/mol. The summed E-state index contributed by atoms with van der Waals surface area (Å²) in [7, 11) is 8.42. The van der Waals surface area contributed by atoms with E-state index in [1.807, 2.05) is 24.3 Å². The molecule has 0 atom stereocenters. The van der Waals surface area contributed by atoms with Crippen LogP contribution in [-0.4, -0.2) is 70.6 Å². The van der Waals surface area contributed by atoms with Crippen LogP contribution in [-0.2, 0) is 13.1 Å². The number of rotatable bonds is 12. The van der Waals surface area contributed by atoms with E-state index in [1.54, 1.807) is 0 Å². The lowest BCUT2D eigenvalue weighted by Gasteiger charge is -2.08. The predicted molar refractivity (Wildman–Crippen MR) is 193 cm³/mol. The van der Waals surface area contributed by atoms with Gasteiger partial charge in [-0.3, -0.25) is 9.36 Å². The number of benzene rings is 4. The van der Waals surface area contributed by atoms with Crippen molar-refractivity contribution in [2.75, 3.05) is 41.3 Å². The van der Waals surface area contributed by atoms with Gasteiger partial charge < -0.3 is 9.80 Å². The molecule has 0 saturated carbocycles. The van der Waals surface area contributed by atoms with E-state index in [1.165, 1.54) is 22.3 Å². The molecule has 0 saturated heterocycles. The van der Waals surface area contributed by atoms with Crippen LogP contribution < -0.4 is 0 Å². The highest BCUT2D eigenvalue weighted by atomic mass is 15.3. The van der Waals surface area contributed by atoms with Gasteiger partial charge >= 0.3 is 0 Å². The summed E-state index contributed by atoms with van der Waals surface area (Å²) in [4.78, 5) is 4.42. The van der Waals surface area contributed by atoms with Gasteiger partial charge in [-0.25, -0.2) is 0 Å². The van der Waals surface area contributed by atoms with Gasteiger partial charge in [0.2, 0.25) is 0 Å². The van der Waals surface area contributed by atoms with Crippen LogP contribution in [0.5, 0.6) is 0 Å². The number of nitrogens with zero attached hydrogens (tertiary/aromatic N) is 6. The minimum absolute atomic E-state index is 0.935. The minimum Gasteiger partial charge on any atom is -0.309 e. The Labute approximate surface area is 274 Å². The molecule has 0 N–H and O–H groups in total. The largest absolute Gasteiger partial charge is 0.309 e. The standard InChI is InChI=1S/2C20H23N3/c2*1-22(2)14-9-15-23-16-19(17-10-5-3-6-11-17)20(21-23)18-12-7-4-8-13-18/h2*3-8,10-13,16H,9,14-15H2,1-2H3. The Morgan fingerprint density at radius 1 is 0.435 bits per heavy atom. The highest BCUT2D eigenvalue weighted by Gasteiger charge is 2.14. The van der Waals surface area contributed by atoms with Crippen molar-refractivity contribution in [3.05, 3.63) is 134 Å². The first-order chi connectivity index (χ1) is 22.5. The van der Waals surface area contributed by atoms with Gasteiger partial charge in [0.15, 0.2) is 0 Å². The van der Waals surface area contributed by atoms with Crippen LogP contribution in [0.1, 0.15) is 12.8 Å². The minimum atomic E-state index is 0.935. The average Bonchev–Trinajstić information content (AvgIpc) is 3.72. The Morgan fingerprint density at radius 2 is 0.739 bits per heavy atom. The number of hydrogen-bond acceptors (Lipinski definition) is 4. The number of aryl methyl sites for hydroxylation is 2. The molecule has 0 amide bonds. The fraction of sp³-hybridized carbons (Fsp3) is 0.250. The summed E-state index contributed by atoms with van der Waals surface area (Å²) in [6.45, 7) is 4.01. The van der Waals surface area contributed by atoms with Gasteiger partial charge in [0.05, 0.1) is 0 Å². The van der Waals surface area contributed by atoms with E-state index in [0.29, 0.717) is 0 Å². The summed E-state index contributed by atoms with van der Waals surface area (Å²) in [5.74, 6) is 0. The third-order valence-corrected chi connectivity index (χ3v) is 7.77. The topological polar surface area (TPSA) is 42.1 Å². The average molecular weight is 611 g/mol. The second-order valence-corrected chi connectivity index (χ2v) is 12.1. The third kappa shape index (κ3) is 9.13. The summed E-state index contributed by atoms with van der Waals surface area (Å²) in [6, 6.07) is 41.8. The van der Waals surface area contributed by atoms with Crippen LogP contribution in [0.15, 0.2) is 134 Å². The summed E-state index contributed by atoms with van der Waals surface area (Å²) in [5, 5.41) is 9.70. The Morgan fingerprint density at radius 3 is 1.04 bits per heavy atom. The van der Waals surface area contributed by atoms with E-state index >= 15 is 0 Å². The molecule has 4 aromatic carbocycles. The van der Waals surface area contributed by atoms with Gasteiger partial charge in [0.25, 0.3) is 0 Å². The molecule has 6 rings (SSSR count). The third-order valence-electron chi connectivity index (χ3n) is 7.77. The van der Waals surface area contributed by atoms with Crippen molar-refractivity contribution >= 4 is 0 Å². The first-order valence-electron chi connectivity index (χ1n) is 16.1. The molecule has 2 heterocycles. The van der Waals surface area contributed by atoms with Crippen molar-refractivity contribution in [2.24, 2.45) is 0 Å². The molecule has 0 fully saturated rings.